The van der Waals surface area contributed by atoms with E-state index < -0.39 is 5.97 Å². The Morgan fingerprint density at radius 2 is 1.17 bits per heavy atom. The van der Waals surface area contributed by atoms with Crippen LogP contribution < -0.4 is 10.6 Å². The van der Waals surface area contributed by atoms with E-state index in [1.54, 1.807) is 18.2 Å². The van der Waals surface area contributed by atoms with Gasteiger partial charge in [-0.05, 0) is 61.8 Å². The highest BCUT2D eigenvalue weighted by molar-refractivity contribution is 6.20. The minimum atomic E-state index is -1.11. The second-order valence-corrected chi connectivity index (χ2v) is 8.56. The molecule has 30 heavy (non-hydrogen) atoms. The summed E-state index contributed by atoms with van der Waals surface area (Å²) >= 11 is 0. The van der Waals surface area contributed by atoms with Gasteiger partial charge in [0.05, 0.1) is 5.56 Å². The molecule has 0 unspecified atom stereocenters. The lowest BCUT2D eigenvalue weighted by Gasteiger charge is -2.18. The normalized spacial score (nSPS) is 17.4. The Kier molecular flexibility index (Phi) is 5.75. The van der Waals surface area contributed by atoms with E-state index in [9.17, 15) is 19.5 Å². The van der Waals surface area contributed by atoms with Crippen LogP contribution in [0.25, 0.3) is 10.8 Å². The Hall–Kier alpha value is -2.89. The zero-order valence-electron chi connectivity index (χ0n) is 17.3. The number of hydrogen-bond acceptors (Lipinski definition) is 3. The number of aromatic carboxylic acids is 1. The Morgan fingerprint density at radius 3 is 1.63 bits per heavy atom. The lowest BCUT2D eigenvalue weighted by Crippen LogP contribution is -2.34. The average Bonchev–Trinajstić information content (AvgIpc) is 3.41. The highest BCUT2D eigenvalue weighted by atomic mass is 16.4. The molecule has 0 heterocycles. The van der Waals surface area contributed by atoms with E-state index in [1.807, 2.05) is 6.92 Å². The van der Waals surface area contributed by atoms with E-state index in [0.717, 1.165) is 56.9 Å². The first-order valence-electron chi connectivity index (χ1n) is 10.9. The zero-order valence-corrected chi connectivity index (χ0v) is 17.3. The fraction of sp³-hybridized carbons (Fsp3) is 0.458. The first-order valence-corrected chi connectivity index (χ1v) is 10.9. The molecule has 0 saturated heterocycles. The van der Waals surface area contributed by atoms with Gasteiger partial charge in [0.25, 0.3) is 11.8 Å². The van der Waals surface area contributed by atoms with Gasteiger partial charge in [-0.25, -0.2) is 4.79 Å². The van der Waals surface area contributed by atoms with E-state index in [-0.39, 0.29) is 29.5 Å². The van der Waals surface area contributed by atoms with Crippen molar-refractivity contribution in [1.82, 2.24) is 10.6 Å². The fourth-order valence-corrected chi connectivity index (χ4v) is 4.89. The maximum Gasteiger partial charge on any atom is 0.336 e. The number of carboxylic acid groups (broad SMARTS) is 1. The van der Waals surface area contributed by atoms with Gasteiger partial charge in [-0.3, -0.25) is 9.59 Å². The number of carbonyl (C=O) groups excluding carboxylic acids is 2. The summed E-state index contributed by atoms with van der Waals surface area (Å²) in [6, 6.07) is 6.76. The summed E-state index contributed by atoms with van der Waals surface area (Å²) < 4.78 is 0. The molecule has 2 aromatic rings. The quantitative estimate of drug-likeness (QED) is 0.691. The Balaban J connectivity index is 1.80. The smallest absolute Gasteiger partial charge is 0.336 e. The first kappa shape index (κ1) is 20.4. The third-order valence-corrected chi connectivity index (χ3v) is 6.47. The highest BCUT2D eigenvalue weighted by Gasteiger charge is 2.26. The number of rotatable bonds is 5. The summed E-state index contributed by atoms with van der Waals surface area (Å²) in [5.41, 5.74) is 1.56. The van der Waals surface area contributed by atoms with Gasteiger partial charge in [-0.2, -0.15) is 0 Å². The van der Waals surface area contributed by atoms with E-state index in [4.69, 9.17) is 0 Å². The maximum absolute atomic E-state index is 13.1. The molecule has 2 amide bonds. The van der Waals surface area contributed by atoms with Gasteiger partial charge in [-0.1, -0.05) is 31.7 Å². The number of carbonyl (C=O) groups is 3. The molecule has 6 heteroatoms. The molecule has 2 saturated carbocycles. The van der Waals surface area contributed by atoms with Crippen molar-refractivity contribution < 1.29 is 19.5 Å². The van der Waals surface area contributed by atoms with Crippen LogP contribution in [0.2, 0.25) is 0 Å². The van der Waals surface area contributed by atoms with Crippen molar-refractivity contribution in [2.45, 2.75) is 70.4 Å². The molecule has 0 bridgehead atoms. The molecule has 4 rings (SSSR count). The van der Waals surface area contributed by atoms with E-state index >= 15 is 0 Å². The van der Waals surface area contributed by atoms with Gasteiger partial charge in [0, 0.05) is 28.6 Å². The topological polar surface area (TPSA) is 95.5 Å². The van der Waals surface area contributed by atoms with E-state index in [2.05, 4.69) is 10.6 Å². The van der Waals surface area contributed by atoms with Crippen molar-refractivity contribution in [2.75, 3.05) is 0 Å². The predicted molar refractivity (Wildman–Crippen MR) is 115 cm³/mol. The van der Waals surface area contributed by atoms with Gasteiger partial charge < -0.3 is 15.7 Å². The van der Waals surface area contributed by atoms with Gasteiger partial charge in [0.1, 0.15) is 0 Å². The second kappa shape index (κ2) is 8.46. The van der Waals surface area contributed by atoms with Crippen molar-refractivity contribution in [1.29, 1.82) is 0 Å². The molecule has 0 spiro atoms. The molecule has 0 radical (unpaired) electrons. The van der Waals surface area contributed by atoms with Crippen LogP contribution in [0.1, 0.15) is 88.0 Å². The van der Waals surface area contributed by atoms with Crippen LogP contribution in [0.15, 0.2) is 24.3 Å². The molecular weight excluding hydrogens is 380 g/mol. The molecular formula is C24H28N2O4. The van der Waals surface area contributed by atoms with Crippen molar-refractivity contribution in [3.63, 3.8) is 0 Å². The third-order valence-electron chi connectivity index (χ3n) is 6.47. The second-order valence-electron chi connectivity index (χ2n) is 8.56. The number of aryl methyl sites for hydroxylation is 1. The fourth-order valence-electron chi connectivity index (χ4n) is 4.89. The maximum atomic E-state index is 13.1. The van der Waals surface area contributed by atoms with Crippen LogP contribution in [0.4, 0.5) is 0 Å². The first-order chi connectivity index (χ1) is 14.5. The molecule has 2 aliphatic rings. The van der Waals surface area contributed by atoms with E-state index in [1.165, 1.54) is 6.07 Å². The Labute approximate surface area is 176 Å². The van der Waals surface area contributed by atoms with Gasteiger partial charge >= 0.3 is 5.97 Å². The zero-order chi connectivity index (χ0) is 21.3. The molecule has 6 nitrogen and oxygen atoms in total. The number of hydrogen-bond donors (Lipinski definition) is 3. The monoisotopic (exact) mass is 408 g/mol. The Bertz CT molecular complexity index is 1000. The Morgan fingerprint density at radius 1 is 0.733 bits per heavy atom. The third kappa shape index (κ3) is 3.91. The summed E-state index contributed by atoms with van der Waals surface area (Å²) in [7, 11) is 0. The van der Waals surface area contributed by atoms with Gasteiger partial charge in [-0.15, -0.1) is 0 Å². The van der Waals surface area contributed by atoms with Crippen LogP contribution in [-0.4, -0.2) is 35.0 Å². The number of nitrogens with one attached hydrogen (secondary N) is 2. The summed E-state index contributed by atoms with van der Waals surface area (Å²) in [4.78, 5) is 38.1. The number of benzene rings is 2. The summed E-state index contributed by atoms with van der Waals surface area (Å²) in [5.74, 6) is -1.59. The standard InChI is InChI=1S/C24H28N2O4/c1-14-10-11-19(24(29)30)21-18(23(28)26-16-8-4-5-9-16)13-12-17(20(14)21)22(27)25-15-6-2-3-7-15/h10-13,15-16H,2-9H2,1H3,(H,25,27)(H,26,28)(H,29,30). The molecule has 3 N–H and O–H groups in total. The van der Waals surface area contributed by atoms with Crippen LogP contribution in [0.5, 0.6) is 0 Å². The van der Waals surface area contributed by atoms with Crippen molar-refractivity contribution in [3.8, 4) is 0 Å². The summed E-state index contributed by atoms with van der Waals surface area (Å²) in [5, 5.41) is 16.8. The summed E-state index contributed by atoms with van der Waals surface area (Å²) in [6.45, 7) is 1.85. The number of fused-ring (bicyclic) bond motifs is 1. The van der Waals surface area contributed by atoms with Crippen molar-refractivity contribution in [2.24, 2.45) is 0 Å². The predicted octanol–water partition coefficient (Wildman–Crippen LogP) is 4.19. The van der Waals surface area contributed by atoms with E-state index in [0.29, 0.717) is 21.9 Å². The van der Waals surface area contributed by atoms with Crippen molar-refractivity contribution >= 4 is 28.6 Å². The average molecular weight is 408 g/mol. The number of carboxylic acids is 1. The molecule has 0 atom stereocenters. The van der Waals surface area contributed by atoms with Crippen molar-refractivity contribution in [3.05, 3.63) is 46.5 Å². The minimum Gasteiger partial charge on any atom is -0.478 e. The van der Waals surface area contributed by atoms with Gasteiger partial charge in [0.15, 0.2) is 0 Å². The van der Waals surface area contributed by atoms with Crippen LogP contribution in [0.3, 0.4) is 0 Å². The molecule has 158 valence electrons. The SMILES string of the molecule is Cc1ccc(C(=O)O)c2c(C(=O)NC3CCCC3)ccc(C(=O)NC3CCCC3)c12. The lowest BCUT2D eigenvalue weighted by atomic mass is 9.91. The molecule has 2 aromatic carbocycles. The molecule has 2 fully saturated rings. The molecule has 0 aromatic heterocycles. The molecule has 2 aliphatic carbocycles. The highest BCUT2D eigenvalue weighted by Crippen LogP contribution is 2.31. The van der Waals surface area contributed by atoms with Crippen LogP contribution in [-0.2, 0) is 0 Å². The van der Waals surface area contributed by atoms with Gasteiger partial charge in [0.2, 0.25) is 0 Å². The van der Waals surface area contributed by atoms with Crippen LogP contribution >= 0.6 is 0 Å². The largest absolute Gasteiger partial charge is 0.478 e. The molecule has 0 aliphatic heterocycles. The van der Waals surface area contributed by atoms with Crippen LogP contribution in [0, 0.1) is 6.92 Å². The number of amides is 2. The minimum absolute atomic E-state index is 0.0442. The lowest BCUT2D eigenvalue weighted by molar-refractivity contribution is 0.0698. The summed E-state index contributed by atoms with van der Waals surface area (Å²) in [6.07, 6.45) is 8.20.